The summed E-state index contributed by atoms with van der Waals surface area (Å²) >= 11 is 0. The second-order valence-corrected chi connectivity index (χ2v) is 12.5. The first-order valence-electron chi connectivity index (χ1n) is 10.9. The number of phosphoric ester groups is 3. The van der Waals surface area contributed by atoms with Gasteiger partial charge in [0.1, 0.15) is 18.4 Å². The Morgan fingerprint density at radius 2 is 1.58 bits per heavy atom. The summed E-state index contributed by atoms with van der Waals surface area (Å²) in [7, 11) is -12.8. The van der Waals surface area contributed by atoms with Gasteiger partial charge in [0.05, 0.1) is 25.4 Å². The summed E-state index contributed by atoms with van der Waals surface area (Å²) < 4.78 is 75.5. The Morgan fingerprint density at radius 3 is 2.24 bits per heavy atom. The first-order valence-corrected chi connectivity index (χ1v) is 15.3. The van der Waals surface area contributed by atoms with Crippen LogP contribution >= 0.6 is 23.5 Å². The number of nitrogens with zero attached hydrogens (tertiary/aromatic N) is 1. The van der Waals surface area contributed by atoms with Crippen LogP contribution in [-0.4, -0.2) is 68.0 Å². The third kappa shape index (κ3) is 8.46. The molecule has 0 radical (unpaired) electrons. The summed E-state index contributed by atoms with van der Waals surface area (Å²) in [5, 5.41) is 0. The molecule has 8 atom stereocenters. The molecule has 0 amide bonds. The first-order chi connectivity index (χ1) is 17.6. The van der Waals surface area contributed by atoms with Crippen LogP contribution in [0.15, 0.2) is 15.8 Å². The molecule has 2 aliphatic rings. The van der Waals surface area contributed by atoms with Crippen LogP contribution in [0.4, 0.5) is 0 Å². The lowest BCUT2D eigenvalue weighted by Gasteiger charge is -2.31. The van der Waals surface area contributed by atoms with Crippen molar-refractivity contribution >= 4 is 23.5 Å². The predicted octanol–water partition coefficient (Wildman–Crippen LogP) is -1.58. The van der Waals surface area contributed by atoms with Gasteiger partial charge in [0, 0.05) is 45.4 Å². The molecule has 3 unspecified atom stereocenters. The Hall–Kier alpha value is -1.07. The zero-order chi connectivity index (χ0) is 28.3. The van der Waals surface area contributed by atoms with Crippen molar-refractivity contribution in [1.29, 1.82) is 0 Å². The summed E-state index contributed by atoms with van der Waals surface area (Å²) in [4.78, 5) is 61.8. The van der Waals surface area contributed by atoms with Crippen molar-refractivity contribution in [2.24, 2.45) is 0 Å². The van der Waals surface area contributed by atoms with Crippen LogP contribution in [0.1, 0.15) is 24.6 Å². The molecule has 2 fully saturated rings. The van der Waals surface area contributed by atoms with Crippen LogP contribution in [0.5, 0.6) is 0 Å². The fourth-order valence-electron chi connectivity index (χ4n) is 3.62. The molecule has 2 aliphatic heterocycles. The lowest BCUT2D eigenvalue weighted by atomic mass is 10.2. The van der Waals surface area contributed by atoms with E-state index in [1.54, 1.807) is 0 Å². The highest BCUT2D eigenvalue weighted by atomic mass is 31.2. The van der Waals surface area contributed by atoms with E-state index in [1.807, 2.05) is 0 Å². The highest BCUT2D eigenvalue weighted by Crippen LogP contribution is 2.47. The van der Waals surface area contributed by atoms with E-state index in [0.29, 0.717) is 0 Å². The van der Waals surface area contributed by atoms with E-state index in [9.17, 15) is 38.0 Å². The van der Waals surface area contributed by atoms with Crippen molar-refractivity contribution in [3.8, 4) is 0 Å². The molecule has 18 nitrogen and oxygen atoms in total. The van der Waals surface area contributed by atoms with Gasteiger partial charge in [-0.05, 0) is 6.92 Å². The van der Waals surface area contributed by atoms with Gasteiger partial charge >= 0.3 is 5.69 Å². The normalized spacial score (nSPS) is 30.5. The van der Waals surface area contributed by atoms with Gasteiger partial charge in [-0.15, -0.1) is 0 Å². The molecule has 21 heteroatoms. The number of nitrogens with one attached hydrogen (secondary N) is 1. The maximum Gasteiger partial charge on any atom is 0.330 e. The fraction of sp³-hybridized carbons (Fsp3) is 0.765. The van der Waals surface area contributed by atoms with Gasteiger partial charge in [-0.2, -0.15) is 0 Å². The quantitative estimate of drug-likeness (QED) is 0.248. The number of aromatic amines is 1. The molecule has 1 N–H and O–H groups in total. The minimum absolute atomic E-state index is 0.0616. The van der Waals surface area contributed by atoms with Crippen LogP contribution < -0.4 is 25.9 Å². The SMILES string of the molecule is COP(=O)([O-])OC[C@H]1O[C@@H](n2cc(C)c(=O)[nH]c2=O)C[C@H]1OP(=O)([O-])OC[C@H]1OCC[C@H]1OP(=O)([O-])OC. The topological polar surface area (TPSA) is 249 Å². The molecule has 1 aromatic rings. The van der Waals surface area contributed by atoms with E-state index in [-0.39, 0.29) is 25.0 Å². The predicted molar refractivity (Wildman–Crippen MR) is 117 cm³/mol. The van der Waals surface area contributed by atoms with Crippen molar-refractivity contribution in [1.82, 2.24) is 9.55 Å². The zero-order valence-corrected chi connectivity index (χ0v) is 23.0. The van der Waals surface area contributed by atoms with Gasteiger partial charge in [0.25, 0.3) is 29.0 Å². The zero-order valence-electron chi connectivity index (χ0n) is 20.3. The summed E-state index contributed by atoms with van der Waals surface area (Å²) in [5.41, 5.74) is -1.36. The number of aromatic nitrogens is 2. The van der Waals surface area contributed by atoms with Crippen molar-refractivity contribution in [2.45, 2.75) is 50.4 Å². The first kappa shape index (κ1) is 31.5. The highest BCUT2D eigenvalue weighted by Gasteiger charge is 2.41. The van der Waals surface area contributed by atoms with Gasteiger partial charge in [-0.1, -0.05) is 0 Å². The van der Waals surface area contributed by atoms with Gasteiger partial charge in [-0.25, -0.2) is 4.79 Å². The van der Waals surface area contributed by atoms with Crippen LogP contribution in [0.3, 0.4) is 0 Å². The Labute approximate surface area is 215 Å². The lowest BCUT2D eigenvalue weighted by Crippen LogP contribution is -2.33. The van der Waals surface area contributed by atoms with Crippen molar-refractivity contribution in [3.63, 3.8) is 0 Å². The summed E-state index contributed by atoms with van der Waals surface area (Å²) in [6, 6.07) is 0. The van der Waals surface area contributed by atoms with Crippen molar-refractivity contribution in [2.75, 3.05) is 34.0 Å². The molecule has 0 aliphatic carbocycles. The summed E-state index contributed by atoms with van der Waals surface area (Å²) in [6.07, 6.45) is -5.12. The summed E-state index contributed by atoms with van der Waals surface area (Å²) in [6.45, 7) is 0.0619. The fourth-order valence-corrected chi connectivity index (χ4v) is 5.66. The summed E-state index contributed by atoms with van der Waals surface area (Å²) in [5.74, 6) is 0. The largest absolute Gasteiger partial charge is 0.756 e. The van der Waals surface area contributed by atoms with Crippen molar-refractivity contribution < 1.29 is 65.0 Å². The number of phosphoric acid groups is 3. The molecule has 2 saturated heterocycles. The Bertz CT molecular complexity index is 1230. The molecule has 0 saturated carbocycles. The number of ether oxygens (including phenoxy) is 2. The Balaban J connectivity index is 1.71. The smallest absolute Gasteiger partial charge is 0.330 e. The van der Waals surface area contributed by atoms with Gasteiger partial charge < -0.3 is 51.3 Å². The van der Waals surface area contributed by atoms with Crippen LogP contribution in [0, 0.1) is 6.92 Å². The maximum atomic E-state index is 12.6. The standard InChI is InChI=1S/C17H29N2O16P3/c1-10-7-19(17(21)18-16(10)20)15-6-12(14(33-15)9-31-36(22,23)28-2)35-38(26,27)32-8-13-11(4-5-30-13)34-37(24,25)29-3/h7,11-15H,4-6,8-9H2,1-3H3,(H,22,23)(H,24,25)(H,26,27)(H,18,20,21)/p-3/t11-,12-,13-,14-,15-/m1/s1. The van der Waals surface area contributed by atoms with Crippen molar-refractivity contribution in [3.05, 3.63) is 32.6 Å². The minimum atomic E-state index is -5.16. The monoisotopic (exact) mass is 607 g/mol. The minimum Gasteiger partial charge on any atom is -0.756 e. The second-order valence-electron chi connectivity index (χ2n) is 8.13. The molecule has 0 aromatic carbocycles. The van der Waals surface area contributed by atoms with E-state index in [0.717, 1.165) is 18.8 Å². The second kappa shape index (κ2) is 12.6. The van der Waals surface area contributed by atoms with Gasteiger partial charge in [-0.3, -0.25) is 28.0 Å². The van der Waals surface area contributed by atoms with Gasteiger partial charge in [0.2, 0.25) is 0 Å². The molecule has 38 heavy (non-hydrogen) atoms. The molecule has 218 valence electrons. The van der Waals surface area contributed by atoms with E-state index in [1.165, 1.54) is 13.1 Å². The average Bonchev–Trinajstić information content (AvgIpc) is 3.44. The molecule has 0 bridgehead atoms. The number of hydrogen-bond donors (Lipinski definition) is 1. The lowest BCUT2D eigenvalue weighted by molar-refractivity contribution is -0.236. The van der Waals surface area contributed by atoms with Crippen LogP contribution in [0.25, 0.3) is 0 Å². The number of H-pyrrole nitrogens is 1. The third-order valence-corrected chi connectivity index (χ3v) is 8.44. The van der Waals surface area contributed by atoms with Gasteiger partial charge in [0.15, 0.2) is 0 Å². The van der Waals surface area contributed by atoms with Crippen LogP contribution in [-0.2, 0) is 50.3 Å². The van der Waals surface area contributed by atoms with E-state index < -0.39 is 78.6 Å². The maximum absolute atomic E-state index is 12.6. The number of aryl methyl sites for hydroxylation is 1. The number of hydrogen-bond acceptors (Lipinski definition) is 16. The molecule has 1 aromatic heterocycles. The highest BCUT2D eigenvalue weighted by molar-refractivity contribution is 7.46. The Kier molecular flexibility index (Phi) is 10.5. The van der Waals surface area contributed by atoms with E-state index in [4.69, 9.17) is 23.0 Å². The third-order valence-electron chi connectivity index (χ3n) is 5.56. The Morgan fingerprint density at radius 1 is 0.974 bits per heavy atom. The molecular formula is C17H26N2O16P3-3. The molecule has 3 heterocycles. The molecule has 0 spiro atoms. The van der Waals surface area contributed by atoms with E-state index >= 15 is 0 Å². The molecule has 3 rings (SSSR count). The number of rotatable bonds is 13. The van der Waals surface area contributed by atoms with E-state index in [2.05, 4.69) is 18.6 Å². The molecular weight excluding hydrogens is 581 g/mol. The van der Waals surface area contributed by atoms with Crippen LogP contribution in [0.2, 0.25) is 0 Å². The average molecular weight is 607 g/mol.